The topological polar surface area (TPSA) is 35.2 Å². The minimum atomic E-state index is -0.945. The number of methoxy groups -OCH3 is 1. The summed E-state index contributed by atoms with van der Waals surface area (Å²) in [5, 5.41) is 0.0924. The number of hydrogen-bond donors (Lipinski definition) is 1. The Labute approximate surface area is 116 Å². The summed E-state index contributed by atoms with van der Waals surface area (Å²) in [6.45, 7) is 0.264. The van der Waals surface area contributed by atoms with Gasteiger partial charge in [0.15, 0.2) is 11.6 Å². The average molecular weight is 290 g/mol. The number of benzene rings is 1. The van der Waals surface area contributed by atoms with Gasteiger partial charge >= 0.3 is 0 Å². The molecule has 1 saturated carbocycles. The van der Waals surface area contributed by atoms with E-state index in [9.17, 15) is 8.78 Å². The molecule has 19 heavy (non-hydrogen) atoms. The molecule has 1 fully saturated rings. The zero-order valence-corrected chi connectivity index (χ0v) is 11.7. The molecule has 0 atom stereocenters. The van der Waals surface area contributed by atoms with Crippen molar-refractivity contribution in [3.05, 3.63) is 28.3 Å². The molecule has 1 aromatic carbocycles. The van der Waals surface area contributed by atoms with Gasteiger partial charge in [0.25, 0.3) is 0 Å². The SMILES string of the molecule is COc1c(Cl)cc(F)c(F)c1C1(CN)CCCCC1. The highest BCUT2D eigenvalue weighted by molar-refractivity contribution is 6.32. The first-order valence-corrected chi connectivity index (χ1v) is 6.85. The fourth-order valence-corrected chi connectivity index (χ4v) is 3.30. The van der Waals surface area contributed by atoms with Gasteiger partial charge in [0.05, 0.1) is 12.1 Å². The lowest BCUT2D eigenvalue weighted by Crippen LogP contribution is -2.38. The molecule has 0 saturated heterocycles. The van der Waals surface area contributed by atoms with Crippen molar-refractivity contribution < 1.29 is 13.5 Å². The van der Waals surface area contributed by atoms with E-state index in [2.05, 4.69) is 0 Å². The van der Waals surface area contributed by atoms with Gasteiger partial charge in [-0.25, -0.2) is 8.78 Å². The molecule has 0 spiro atoms. The number of halogens is 3. The number of nitrogens with two attached hydrogens (primary N) is 1. The van der Waals surface area contributed by atoms with Gasteiger partial charge in [-0.15, -0.1) is 0 Å². The molecule has 1 aromatic rings. The Hall–Kier alpha value is -0.870. The van der Waals surface area contributed by atoms with Crippen LogP contribution in [0.3, 0.4) is 0 Å². The van der Waals surface area contributed by atoms with Crippen molar-refractivity contribution in [1.29, 1.82) is 0 Å². The van der Waals surface area contributed by atoms with E-state index >= 15 is 0 Å². The maximum atomic E-state index is 14.3. The van der Waals surface area contributed by atoms with E-state index in [-0.39, 0.29) is 22.9 Å². The van der Waals surface area contributed by atoms with Crippen molar-refractivity contribution in [3.63, 3.8) is 0 Å². The van der Waals surface area contributed by atoms with E-state index in [0.29, 0.717) is 0 Å². The van der Waals surface area contributed by atoms with Crippen LogP contribution in [0.1, 0.15) is 37.7 Å². The highest BCUT2D eigenvalue weighted by Gasteiger charge is 2.39. The molecule has 1 aliphatic rings. The van der Waals surface area contributed by atoms with E-state index in [1.54, 1.807) is 0 Å². The minimum Gasteiger partial charge on any atom is -0.495 e. The molecule has 2 N–H and O–H groups in total. The van der Waals surface area contributed by atoms with Crippen molar-refractivity contribution in [1.82, 2.24) is 0 Å². The summed E-state index contributed by atoms with van der Waals surface area (Å²) in [5.41, 5.74) is 5.52. The fraction of sp³-hybridized carbons (Fsp3) is 0.571. The van der Waals surface area contributed by atoms with Crippen LogP contribution in [0.15, 0.2) is 6.07 Å². The summed E-state index contributed by atoms with van der Waals surface area (Å²) in [6.07, 6.45) is 4.46. The summed E-state index contributed by atoms with van der Waals surface area (Å²) in [7, 11) is 1.41. The molecule has 2 rings (SSSR count). The van der Waals surface area contributed by atoms with Gasteiger partial charge in [-0.1, -0.05) is 30.9 Å². The van der Waals surface area contributed by atoms with Crippen LogP contribution < -0.4 is 10.5 Å². The molecule has 0 bridgehead atoms. The smallest absolute Gasteiger partial charge is 0.166 e. The third-order valence-electron chi connectivity index (χ3n) is 4.06. The van der Waals surface area contributed by atoms with E-state index in [1.807, 2.05) is 0 Å². The molecule has 2 nitrogen and oxygen atoms in total. The molecule has 5 heteroatoms. The lowest BCUT2D eigenvalue weighted by atomic mass is 9.69. The molecule has 106 valence electrons. The maximum Gasteiger partial charge on any atom is 0.166 e. The quantitative estimate of drug-likeness (QED) is 0.859. The molecule has 0 heterocycles. The van der Waals surface area contributed by atoms with Crippen LogP contribution >= 0.6 is 11.6 Å². The highest BCUT2D eigenvalue weighted by atomic mass is 35.5. The molecule has 0 radical (unpaired) electrons. The summed E-state index contributed by atoms with van der Waals surface area (Å²) >= 11 is 5.97. The van der Waals surface area contributed by atoms with Crippen LogP contribution in [0.25, 0.3) is 0 Å². The Morgan fingerprint density at radius 1 is 1.32 bits per heavy atom. The largest absolute Gasteiger partial charge is 0.495 e. The van der Waals surface area contributed by atoms with Crippen LogP contribution in [0, 0.1) is 11.6 Å². The van der Waals surface area contributed by atoms with Crippen LogP contribution in [0.2, 0.25) is 5.02 Å². The monoisotopic (exact) mass is 289 g/mol. The van der Waals surface area contributed by atoms with Crippen LogP contribution in [0.5, 0.6) is 5.75 Å². The summed E-state index contributed by atoms with van der Waals surface area (Å²) < 4.78 is 33.1. The highest BCUT2D eigenvalue weighted by Crippen LogP contribution is 2.46. The van der Waals surface area contributed by atoms with Crippen molar-refractivity contribution in [2.45, 2.75) is 37.5 Å². The number of rotatable bonds is 3. The first kappa shape index (κ1) is 14.5. The van der Waals surface area contributed by atoms with Crippen molar-refractivity contribution in [3.8, 4) is 5.75 Å². The summed E-state index contributed by atoms with van der Waals surface area (Å²) in [4.78, 5) is 0. The zero-order valence-electron chi connectivity index (χ0n) is 10.9. The molecule has 1 aliphatic carbocycles. The second kappa shape index (κ2) is 5.63. The third kappa shape index (κ3) is 2.43. The number of hydrogen-bond acceptors (Lipinski definition) is 2. The fourth-order valence-electron chi connectivity index (χ4n) is 3.04. The normalized spacial score (nSPS) is 18.4. The maximum absolute atomic E-state index is 14.3. The molecule has 0 aliphatic heterocycles. The van der Waals surface area contributed by atoms with Gasteiger partial charge in [-0.2, -0.15) is 0 Å². The first-order chi connectivity index (χ1) is 9.05. The Bertz CT molecular complexity index is 473. The van der Waals surface area contributed by atoms with E-state index in [4.69, 9.17) is 22.1 Å². The van der Waals surface area contributed by atoms with Gasteiger partial charge in [0.1, 0.15) is 5.75 Å². The third-order valence-corrected chi connectivity index (χ3v) is 4.34. The average Bonchev–Trinajstić information content (AvgIpc) is 2.43. The Balaban J connectivity index is 2.64. The molecule has 0 unspecified atom stereocenters. The predicted octanol–water partition coefficient (Wildman–Crippen LogP) is 3.79. The van der Waals surface area contributed by atoms with Gasteiger partial charge in [-0.05, 0) is 18.9 Å². The minimum absolute atomic E-state index is 0.0924. The van der Waals surface area contributed by atoms with E-state index < -0.39 is 17.0 Å². The molecule has 0 amide bonds. The van der Waals surface area contributed by atoms with Gasteiger partial charge in [0.2, 0.25) is 0 Å². The second-order valence-electron chi connectivity index (χ2n) is 5.11. The molecule has 0 aromatic heterocycles. The van der Waals surface area contributed by atoms with Crippen molar-refractivity contribution in [2.75, 3.05) is 13.7 Å². The second-order valence-corrected chi connectivity index (χ2v) is 5.51. The lowest BCUT2D eigenvalue weighted by Gasteiger charge is -2.38. The lowest BCUT2D eigenvalue weighted by molar-refractivity contribution is 0.274. The van der Waals surface area contributed by atoms with Crippen molar-refractivity contribution in [2.24, 2.45) is 5.73 Å². The summed E-state index contributed by atoms with van der Waals surface area (Å²) in [6, 6.07) is 0.951. The number of ether oxygens (including phenoxy) is 1. The zero-order chi connectivity index (χ0) is 14.0. The standard InChI is InChI=1S/C14H18ClF2NO/c1-19-13-9(15)7-10(16)12(17)11(13)14(8-18)5-3-2-4-6-14/h7H,2-6,8,18H2,1H3. The van der Waals surface area contributed by atoms with Crippen molar-refractivity contribution >= 4 is 11.6 Å². The van der Waals surface area contributed by atoms with Crippen LogP contribution in [0.4, 0.5) is 8.78 Å². The van der Waals surface area contributed by atoms with Gasteiger partial charge < -0.3 is 10.5 Å². The Morgan fingerprint density at radius 2 is 1.95 bits per heavy atom. The first-order valence-electron chi connectivity index (χ1n) is 6.48. The predicted molar refractivity (Wildman–Crippen MR) is 71.7 cm³/mol. The molecular weight excluding hydrogens is 272 g/mol. The van der Waals surface area contributed by atoms with E-state index in [1.165, 1.54) is 7.11 Å². The van der Waals surface area contributed by atoms with Gasteiger partial charge in [-0.3, -0.25) is 0 Å². The Kier molecular flexibility index (Phi) is 4.31. The van der Waals surface area contributed by atoms with Gasteiger partial charge in [0, 0.05) is 17.5 Å². The van der Waals surface area contributed by atoms with Crippen LogP contribution in [-0.2, 0) is 5.41 Å². The summed E-state index contributed by atoms with van der Waals surface area (Å²) in [5.74, 6) is -1.61. The Morgan fingerprint density at radius 3 is 2.47 bits per heavy atom. The molecular formula is C14H18ClF2NO. The van der Waals surface area contributed by atoms with Crippen LogP contribution in [-0.4, -0.2) is 13.7 Å². The van der Waals surface area contributed by atoms with E-state index in [0.717, 1.165) is 38.2 Å².